The van der Waals surface area contributed by atoms with E-state index in [1.807, 2.05) is 0 Å². The third kappa shape index (κ3) is 3.21. The van der Waals surface area contributed by atoms with Crippen molar-refractivity contribution in [1.29, 1.82) is 0 Å². The zero-order valence-electron chi connectivity index (χ0n) is 8.56. The van der Waals surface area contributed by atoms with Crippen LogP contribution in [0.5, 0.6) is 0 Å². The van der Waals surface area contributed by atoms with E-state index in [-0.39, 0.29) is 0 Å². The molecule has 1 aliphatic rings. The van der Waals surface area contributed by atoms with E-state index in [4.69, 9.17) is 5.26 Å². The van der Waals surface area contributed by atoms with Gasteiger partial charge in [0, 0.05) is 25.9 Å². The number of hydrogen-bond donors (Lipinski definition) is 1. The van der Waals surface area contributed by atoms with Gasteiger partial charge in [-0.05, 0) is 0 Å². The van der Waals surface area contributed by atoms with Crippen molar-refractivity contribution >= 4 is 0 Å². The van der Waals surface area contributed by atoms with E-state index in [9.17, 15) is 0 Å². The normalized spacial score (nSPS) is 22.2. The molecule has 0 amide bonds. The third-order valence-electron chi connectivity index (χ3n) is 2.66. The maximum absolute atomic E-state index is 8.08. The summed E-state index contributed by atoms with van der Waals surface area (Å²) in [4.78, 5) is 4.53. The first-order valence-electron chi connectivity index (χ1n) is 4.58. The van der Waals surface area contributed by atoms with Crippen molar-refractivity contribution in [3.05, 3.63) is 0 Å². The molecule has 0 aliphatic carbocycles. The maximum atomic E-state index is 8.08. The van der Waals surface area contributed by atoms with Crippen molar-refractivity contribution in [3.8, 4) is 0 Å². The molecule has 0 unspecified atom stereocenters. The fraction of sp³-hybridized carbons (Fsp3) is 1.00. The Balaban J connectivity index is 2.30. The summed E-state index contributed by atoms with van der Waals surface area (Å²) in [6.07, 6.45) is 2.12. The van der Waals surface area contributed by atoms with Crippen LogP contribution in [0, 0.1) is 0 Å². The summed E-state index contributed by atoms with van der Waals surface area (Å²) >= 11 is 0. The van der Waals surface area contributed by atoms with Crippen molar-refractivity contribution < 1.29 is 19.8 Å². The predicted octanol–water partition coefficient (Wildman–Crippen LogP) is 0.493. The van der Waals surface area contributed by atoms with Crippen LogP contribution in [0.25, 0.3) is 0 Å². The average Bonchev–Trinajstić information content (AvgIpc) is 2.04. The maximum Gasteiger partial charge on any atom is 0.0910 e. The van der Waals surface area contributed by atoms with E-state index in [0.717, 1.165) is 30.4 Å². The Morgan fingerprint density at radius 2 is 1.77 bits per heavy atom. The van der Waals surface area contributed by atoms with Gasteiger partial charge in [0.1, 0.15) is 0 Å². The van der Waals surface area contributed by atoms with E-state index in [0.29, 0.717) is 6.04 Å². The fourth-order valence-electron chi connectivity index (χ4n) is 1.74. The molecule has 0 radical (unpaired) electrons. The molecule has 0 saturated carbocycles. The molecule has 0 aromatic rings. The number of nitrogens with zero attached hydrogens (tertiary/aromatic N) is 2. The van der Waals surface area contributed by atoms with E-state index >= 15 is 0 Å². The summed E-state index contributed by atoms with van der Waals surface area (Å²) in [5.41, 5.74) is 0. The average molecular weight is 191 g/mol. The van der Waals surface area contributed by atoms with Gasteiger partial charge in [-0.3, -0.25) is 0 Å². The standard InChI is InChI=1S/C8H18N2O3/c1-10(2,3)8-4-6-9(7-5-8)12-13-11/h8H,4-7H2,1-3H3/p+1. The van der Waals surface area contributed by atoms with E-state index in [2.05, 4.69) is 31.2 Å². The first-order valence-corrected chi connectivity index (χ1v) is 4.58. The predicted molar refractivity (Wildman–Crippen MR) is 47.4 cm³/mol. The number of hydrogen-bond acceptors (Lipinski definition) is 4. The number of hydroxylamine groups is 2. The van der Waals surface area contributed by atoms with E-state index < -0.39 is 0 Å². The summed E-state index contributed by atoms with van der Waals surface area (Å²) in [6.45, 7) is 1.61. The highest BCUT2D eigenvalue weighted by atomic mass is 17.5. The van der Waals surface area contributed by atoms with Crippen molar-refractivity contribution in [3.63, 3.8) is 0 Å². The van der Waals surface area contributed by atoms with Gasteiger partial charge in [-0.1, -0.05) is 5.04 Å². The second-order valence-electron chi connectivity index (χ2n) is 4.43. The minimum atomic E-state index is 0.665. The lowest BCUT2D eigenvalue weighted by Crippen LogP contribution is -2.51. The van der Waals surface area contributed by atoms with Crippen LogP contribution in [0.2, 0.25) is 0 Å². The van der Waals surface area contributed by atoms with Crippen LogP contribution in [0.15, 0.2) is 0 Å². The Labute approximate surface area is 78.9 Å². The molecule has 1 N–H and O–H groups in total. The monoisotopic (exact) mass is 191 g/mol. The highest BCUT2D eigenvalue weighted by molar-refractivity contribution is 4.67. The van der Waals surface area contributed by atoms with Gasteiger partial charge >= 0.3 is 0 Å². The van der Waals surface area contributed by atoms with Crippen LogP contribution >= 0.6 is 0 Å². The van der Waals surface area contributed by atoms with Gasteiger partial charge in [0.25, 0.3) is 0 Å². The molecule has 0 aromatic heterocycles. The topological polar surface area (TPSA) is 41.9 Å². The number of piperidine rings is 1. The lowest BCUT2D eigenvalue weighted by Gasteiger charge is -2.38. The second-order valence-corrected chi connectivity index (χ2v) is 4.43. The molecule has 78 valence electrons. The molecular weight excluding hydrogens is 172 g/mol. The van der Waals surface area contributed by atoms with Gasteiger partial charge in [0.05, 0.1) is 27.2 Å². The SMILES string of the molecule is C[N+](C)(C)C1CCN(OOO)CC1. The minimum Gasteiger partial charge on any atom is -0.328 e. The Morgan fingerprint density at radius 3 is 2.15 bits per heavy atom. The van der Waals surface area contributed by atoms with Gasteiger partial charge in [-0.15, -0.1) is 4.99 Å². The van der Waals surface area contributed by atoms with Crippen LogP contribution in [0.1, 0.15) is 12.8 Å². The molecule has 5 nitrogen and oxygen atoms in total. The Morgan fingerprint density at radius 1 is 1.23 bits per heavy atom. The van der Waals surface area contributed by atoms with Crippen molar-refractivity contribution in [2.75, 3.05) is 34.2 Å². The van der Waals surface area contributed by atoms with Crippen LogP contribution in [-0.2, 0) is 10.0 Å². The second kappa shape index (κ2) is 4.34. The smallest absolute Gasteiger partial charge is 0.0910 e. The molecule has 1 saturated heterocycles. The molecule has 1 aliphatic heterocycles. The summed E-state index contributed by atoms with van der Waals surface area (Å²) in [5.74, 6) is 0. The van der Waals surface area contributed by atoms with Crippen molar-refractivity contribution in [2.24, 2.45) is 0 Å². The molecular formula is C8H19N2O3+. The molecule has 0 aromatic carbocycles. The van der Waals surface area contributed by atoms with Crippen LogP contribution in [0.4, 0.5) is 0 Å². The Bertz CT molecular complexity index is 150. The van der Waals surface area contributed by atoms with Crippen LogP contribution in [-0.4, -0.2) is 55.1 Å². The highest BCUT2D eigenvalue weighted by Crippen LogP contribution is 2.18. The van der Waals surface area contributed by atoms with Gasteiger partial charge in [0.15, 0.2) is 0 Å². The molecule has 0 bridgehead atoms. The summed E-state index contributed by atoms with van der Waals surface area (Å²) in [5, 5.41) is 13.3. The number of rotatable bonds is 3. The lowest BCUT2D eigenvalue weighted by molar-refractivity contribution is -0.897. The molecule has 0 spiro atoms. The van der Waals surface area contributed by atoms with Gasteiger partial charge in [0.2, 0.25) is 0 Å². The summed E-state index contributed by atoms with van der Waals surface area (Å²) in [6, 6.07) is 0.665. The first kappa shape index (κ1) is 10.9. The molecule has 1 heterocycles. The van der Waals surface area contributed by atoms with Crippen LogP contribution < -0.4 is 0 Å². The quantitative estimate of drug-likeness (QED) is 0.400. The lowest BCUT2D eigenvalue weighted by atomic mass is 10.0. The molecule has 13 heavy (non-hydrogen) atoms. The molecule has 1 rings (SSSR count). The summed E-state index contributed by atoms with van der Waals surface area (Å²) in [7, 11) is 6.59. The van der Waals surface area contributed by atoms with Gasteiger partial charge in [-0.25, -0.2) is 5.26 Å². The Kier molecular flexibility index (Phi) is 3.63. The zero-order chi connectivity index (χ0) is 9.90. The zero-order valence-corrected chi connectivity index (χ0v) is 8.56. The van der Waals surface area contributed by atoms with Crippen LogP contribution in [0.3, 0.4) is 0 Å². The van der Waals surface area contributed by atoms with Crippen molar-refractivity contribution in [2.45, 2.75) is 18.9 Å². The largest absolute Gasteiger partial charge is 0.328 e. The molecule has 1 fully saturated rings. The third-order valence-corrected chi connectivity index (χ3v) is 2.66. The molecule has 5 heteroatoms. The Hall–Kier alpha value is -0.200. The number of quaternary nitrogens is 1. The van der Waals surface area contributed by atoms with E-state index in [1.165, 1.54) is 0 Å². The van der Waals surface area contributed by atoms with Gasteiger partial charge < -0.3 is 4.48 Å². The minimum absolute atomic E-state index is 0.665. The van der Waals surface area contributed by atoms with Crippen molar-refractivity contribution in [1.82, 2.24) is 5.06 Å². The summed E-state index contributed by atoms with van der Waals surface area (Å²) < 4.78 is 0.980. The molecule has 0 atom stereocenters. The van der Waals surface area contributed by atoms with E-state index in [1.54, 1.807) is 5.06 Å². The highest BCUT2D eigenvalue weighted by Gasteiger charge is 2.29. The fourth-order valence-corrected chi connectivity index (χ4v) is 1.74. The first-order chi connectivity index (χ1) is 6.04. The van der Waals surface area contributed by atoms with Gasteiger partial charge in [-0.2, -0.15) is 5.06 Å².